The maximum atomic E-state index is 10.4. The first-order valence-corrected chi connectivity index (χ1v) is 8.17. The number of nitrogen functional groups attached to an aromatic ring is 1. The molecule has 1 aromatic carbocycles. The van der Waals surface area contributed by atoms with E-state index in [0.29, 0.717) is 5.69 Å². The summed E-state index contributed by atoms with van der Waals surface area (Å²) in [5.74, 6) is 1.06. The van der Waals surface area contributed by atoms with Crippen molar-refractivity contribution in [2.75, 3.05) is 31.9 Å². The van der Waals surface area contributed by atoms with Crippen molar-refractivity contribution in [1.82, 2.24) is 10.2 Å². The van der Waals surface area contributed by atoms with Gasteiger partial charge in [-0.1, -0.05) is 28.8 Å². The van der Waals surface area contributed by atoms with E-state index in [1.54, 1.807) is 6.07 Å². The Hall–Kier alpha value is -0.200. The number of hydrogen-bond donors (Lipinski definition) is 3. The lowest BCUT2D eigenvalue weighted by Gasteiger charge is -2.36. The standard InChI is InChI=1S/C15H22BrN3O.2ClH/c16-11-3-4-12(17)15(20)14(11)13(9-10-1-2-10)19-7-5-18-6-8-19;;/h3-4,10,13,18,20H,1-2,5-9,17H2;2*1H/t13-;;/m0../s1. The van der Waals surface area contributed by atoms with Gasteiger partial charge >= 0.3 is 0 Å². The van der Waals surface area contributed by atoms with Crippen molar-refractivity contribution in [1.29, 1.82) is 0 Å². The van der Waals surface area contributed by atoms with Gasteiger partial charge in [0.05, 0.1) is 5.69 Å². The van der Waals surface area contributed by atoms with Crippen molar-refractivity contribution in [3.05, 3.63) is 22.2 Å². The number of nitrogens with two attached hydrogens (primary N) is 1. The van der Waals surface area contributed by atoms with Crippen molar-refractivity contribution in [2.24, 2.45) is 5.92 Å². The zero-order valence-corrected chi connectivity index (χ0v) is 15.6. The summed E-state index contributed by atoms with van der Waals surface area (Å²) in [7, 11) is 0. The van der Waals surface area contributed by atoms with Gasteiger partial charge in [0.15, 0.2) is 0 Å². The Labute approximate surface area is 152 Å². The van der Waals surface area contributed by atoms with Crippen LogP contribution in [0.3, 0.4) is 0 Å². The molecule has 1 saturated carbocycles. The van der Waals surface area contributed by atoms with E-state index < -0.39 is 0 Å². The molecule has 0 unspecified atom stereocenters. The summed E-state index contributed by atoms with van der Waals surface area (Å²) in [6.45, 7) is 4.08. The molecule has 2 aliphatic rings. The molecule has 0 radical (unpaired) electrons. The van der Waals surface area contributed by atoms with Gasteiger partial charge < -0.3 is 16.2 Å². The summed E-state index contributed by atoms with van der Waals surface area (Å²) in [6.07, 6.45) is 3.77. The van der Waals surface area contributed by atoms with Crippen molar-refractivity contribution in [3.63, 3.8) is 0 Å². The summed E-state index contributed by atoms with van der Waals surface area (Å²) in [4.78, 5) is 2.48. The number of hydrogen-bond acceptors (Lipinski definition) is 4. The molecular formula is C15H24BrCl2N3O. The number of nitrogens with one attached hydrogen (secondary N) is 1. The third-order valence-corrected chi connectivity index (χ3v) is 5.07. The van der Waals surface area contributed by atoms with Gasteiger partial charge in [0, 0.05) is 42.3 Å². The minimum atomic E-state index is 0. The van der Waals surface area contributed by atoms with Crippen LogP contribution >= 0.6 is 40.7 Å². The number of phenols is 1. The average molecular weight is 413 g/mol. The highest BCUT2D eigenvalue weighted by atomic mass is 79.9. The van der Waals surface area contributed by atoms with E-state index in [4.69, 9.17) is 5.73 Å². The SMILES string of the molecule is Cl.Cl.Nc1ccc(Br)c([C@H](CC2CC2)N2CCNCC2)c1O. The first kappa shape index (κ1) is 19.8. The Morgan fingerprint density at radius 1 is 1.27 bits per heavy atom. The van der Waals surface area contributed by atoms with Crippen LogP contribution in [0.4, 0.5) is 5.69 Å². The predicted molar refractivity (Wildman–Crippen MR) is 99.2 cm³/mol. The second-order valence-corrected chi connectivity index (χ2v) is 6.73. The van der Waals surface area contributed by atoms with E-state index in [1.807, 2.05) is 6.07 Å². The quantitative estimate of drug-likeness (QED) is 0.524. The predicted octanol–water partition coefficient (Wildman–Crippen LogP) is 3.33. The number of piperazine rings is 1. The lowest BCUT2D eigenvalue weighted by atomic mass is 9.97. The molecule has 126 valence electrons. The molecule has 3 rings (SSSR count). The molecule has 4 nitrogen and oxygen atoms in total. The Morgan fingerprint density at radius 3 is 2.50 bits per heavy atom. The maximum Gasteiger partial charge on any atom is 0.144 e. The summed E-state index contributed by atoms with van der Waals surface area (Å²) in [5.41, 5.74) is 7.34. The molecule has 0 spiro atoms. The molecule has 1 aliphatic carbocycles. The van der Waals surface area contributed by atoms with Gasteiger partial charge in [-0.3, -0.25) is 4.90 Å². The number of anilines is 1. The summed E-state index contributed by atoms with van der Waals surface area (Å²) in [5, 5.41) is 13.8. The second kappa shape index (κ2) is 8.60. The minimum Gasteiger partial charge on any atom is -0.505 e. The summed E-state index contributed by atoms with van der Waals surface area (Å²) >= 11 is 3.60. The summed E-state index contributed by atoms with van der Waals surface area (Å²) < 4.78 is 0.966. The molecule has 0 bridgehead atoms. The van der Waals surface area contributed by atoms with Crippen LogP contribution in [-0.4, -0.2) is 36.2 Å². The molecule has 1 heterocycles. The van der Waals surface area contributed by atoms with E-state index in [1.165, 1.54) is 12.8 Å². The van der Waals surface area contributed by atoms with Crippen LogP contribution in [0, 0.1) is 5.92 Å². The van der Waals surface area contributed by atoms with Crippen LogP contribution in [0.2, 0.25) is 0 Å². The first-order valence-electron chi connectivity index (χ1n) is 7.38. The minimum absolute atomic E-state index is 0. The Morgan fingerprint density at radius 2 is 1.91 bits per heavy atom. The fraction of sp³-hybridized carbons (Fsp3) is 0.600. The van der Waals surface area contributed by atoms with Gasteiger partial charge in [-0.25, -0.2) is 0 Å². The number of benzene rings is 1. The fourth-order valence-corrected chi connectivity index (χ4v) is 3.61. The van der Waals surface area contributed by atoms with Gasteiger partial charge in [-0.2, -0.15) is 0 Å². The summed E-state index contributed by atoms with van der Waals surface area (Å²) in [6, 6.07) is 3.98. The average Bonchev–Trinajstić information content (AvgIpc) is 3.27. The smallest absolute Gasteiger partial charge is 0.144 e. The molecule has 4 N–H and O–H groups in total. The molecule has 2 fully saturated rings. The highest BCUT2D eigenvalue weighted by Crippen LogP contribution is 2.45. The number of rotatable bonds is 4. The number of halogens is 3. The molecule has 1 aliphatic heterocycles. The Kier molecular flexibility index (Phi) is 7.75. The van der Waals surface area contributed by atoms with E-state index in [9.17, 15) is 5.11 Å². The van der Waals surface area contributed by atoms with Crippen LogP contribution in [0.25, 0.3) is 0 Å². The van der Waals surface area contributed by atoms with Crippen LogP contribution < -0.4 is 11.1 Å². The van der Waals surface area contributed by atoms with E-state index in [2.05, 4.69) is 26.1 Å². The second-order valence-electron chi connectivity index (χ2n) is 5.88. The van der Waals surface area contributed by atoms with Crippen LogP contribution in [0.5, 0.6) is 5.75 Å². The number of phenolic OH excluding ortho intramolecular Hbond substituents is 1. The van der Waals surface area contributed by atoms with Gasteiger partial charge in [-0.15, -0.1) is 24.8 Å². The molecule has 0 amide bonds. The van der Waals surface area contributed by atoms with Crippen LogP contribution in [0.1, 0.15) is 30.9 Å². The molecule has 1 atom stereocenters. The number of nitrogens with zero attached hydrogens (tertiary/aromatic N) is 1. The first-order chi connectivity index (χ1) is 9.66. The van der Waals surface area contributed by atoms with E-state index in [-0.39, 0.29) is 36.6 Å². The lowest BCUT2D eigenvalue weighted by molar-refractivity contribution is 0.157. The van der Waals surface area contributed by atoms with E-state index in [0.717, 1.165) is 48.6 Å². The maximum absolute atomic E-state index is 10.4. The molecule has 1 aromatic rings. The van der Waals surface area contributed by atoms with Crippen LogP contribution in [-0.2, 0) is 0 Å². The third kappa shape index (κ3) is 4.42. The zero-order chi connectivity index (χ0) is 14.1. The van der Waals surface area contributed by atoms with Gasteiger partial charge in [0.1, 0.15) is 5.75 Å². The fourth-order valence-electron chi connectivity index (χ4n) is 3.03. The third-order valence-electron chi connectivity index (χ3n) is 4.37. The normalized spacial score (nSPS) is 19.9. The highest BCUT2D eigenvalue weighted by Gasteiger charge is 2.33. The van der Waals surface area contributed by atoms with Gasteiger partial charge in [0.2, 0.25) is 0 Å². The van der Waals surface area contributed by atoms with Crippen molar-refractivity contribution in [3.8, 4) is 5.75 Å². The Bertz CT molecular complexity index is 494. The van der Waals surface area contributed by atoms with E-state index >= 15 is 0 Å². The molecule has 0 aromatic heterocycles. The largest absolute Gasteiger partial charge is 0.505 e. The van der Waals surface area contributed by atoms with Crippen molar-refractivity contribution >= 4 is 46.4 Å². The monoisotopic (exact) mass is 411 g/mol. The zero-order valence-electron chi connectivity index (χ0n) is 12.4. The molecular weight excluding hydrogens is 389 g/mol. The van der Waals surface area contributed by atoms with Gasteiger partial charge in [-0.05, 0) is 24.5 Å². The molecule has 22 heavy (non-hydrogen) atoms. The molecule has 7 heteroatoms. The Balaban J connectivity index is 0.00000121. The van der Waals surface area contributed by atoms with Crippen LogP contribution in [0.15, 0.2) is 16.6 Å². The topological polar surface area (TPSA) is 61.5 Å². The molecule has 1 saturated heterocycles. The van der Waals surface area contributed by atoms with Gasteiger partial charge in [0.25, 0.3) is 0 Å². The lowest BCUT2D eigenvalue weighted by Crippen LogP contribution is -2.45. The highest BCUT2D eigenvalue weighted by molar-refractivity contribution is 9.10. The number of aromatic hydroxyl groups is 1. The van der Waals surface area contributed by atoms with Crippen molar-refractivity contribution in [2.45, 2.75) is 25.3 Å². The van der Waals surface area contributed by atoms with Crippen molar-refractivity contribution < 1.29 is 5.11 Å².